The molecule has 5 nitrogen and oxygen atoms in total. The van der Waals surface area contributed by atoms with E-state index >= 15 is 0 Å². The Hall–Kier alpha value is -1.46. The van der Waals surface area contributed by atoms with E-state index in [9.17, 15) is 4.79 Å². The monoisotopic (exact) mass is 249 g/mol. The van der Waals surface area contributed by atoms with E-state index < -0.39 is 0 Å². The number of pyridine rings is 1. The molecule has 18 heavy (non-hydrogen) atoms. The zero-order valence-electron chi connectivity index (χ0n) is 10.6. The highest BCUT2D eigenvalue weighted by atomic mass is 16.5. The number of morpholine rings is 1. The quantitative estimate of drug-likeness (QED) is 0.822. The third-order valence-electron chi connectivity index (χ3n) is 2.98. The van der Waals surface area contributed by atoms with Crippen molar-refractivity contribution in [3.8, 4) is 0 Å². The maximum atomic E-state index is 11.9. The van der Waals surface area contributed by atoms with Crippen LogP contribution in [0.3, 0.4) is 0 Å². The van der Waals surface area contributed by atoms with E-state index in [1.807, 2.05) is 19.1 Å². The number of ether oxygens (including phenoxy) is 1. The molecule has 1 saturated heterocycles. The van der Waals surface area contributed by atoms with Gasteiger partial charge in [-0.1, -0.05) is 6.07 Å². The largest absolute Gasteiger partial charge is 0.375 e. The molecule has 0 aliphatic carbocycles. The van der Waals surface area contributed by atoms with Gasteiger partial charge in [-0.2, -0.15) is 0 Å². The molecule has 0 spiro atoms. The van der Waals surface area contributed by atoms with Crippen molar-refractivity contribution in [2.75, 3.05) is 19.7 Å². The summed E-state index contributed by atoms with van der Waals surface area (Å²) < 4.78 is 5.50. The van der Waals surface area contributed by atoms with E-state index in [-0.39, 0.29) is 18.1 Å². The summed E-state index contributed by atoms with van der Waals surface area (Å²) in [5.74, 6) is 0.0139. The zero-order chi connectivity index (χ0) is 12.8. The van der Waals surface area contributed by atoms with E-state index in [1.54, 1.807) is 12.4 Å². The molecule has 5 heteroatoms. The third kappa shape index (κ3) is 3.78. The van der Waals surface area contributed by atoms with Gasteiger partial charge in [-0.15, -0.1) is 0 Å². The first-order valence-electron chi connectivity index (χ1n) is 6.27. The molecule has 0 radical (unpaired) electrons. The van der Waals surface area contributed by atoms with Gasteiger partial charge in [-0.3, -0.25) is 9.78 Å². The van der Waals surface area contributed by atoms with E-state index in [2.05, 4.69) is 15.6 Å². The van der Waals surface area contributed by atoms with Crippen LogP contribution in [0.2, 0.25) is 0 Å². The van der Waals surface area contributed by atoms with Gasteiger partial charge >= 0.3 is 0 Å². The van der Waals surface area contributed by atoms with Crippen LogP contribution in [0.25, 0.3) is 0 Å². The average molecular weight is 249 g/mol. The lowest BCUT2D eigenvalue weighted by Gasteiger charge is -2.24. The smallest absolute Gasteiger partial charge is 0.223 e. The van der Waals surface area contributed by atoms with Gasteiger partial charge in [-0.25, -0.2) is 0 Å². The fraction of sp³-hybridized carbons (Fsp3) is 0.538. The summed E-state index contributed by atoms with van der Waals surface area (Å²) in [5, 5.41) is 6.17. The second kappa shape index (κ2) is 6.47. The van der Waals surface area contributed by atoms with Crippen molar-refractivity contribution in [1.82, 2.24) is 15.6 Å². The van der Waals surface area contributed by atoms with Crippen LogP contribution in [-0.4, -0.2) is 36.7 Å². The van der Waals surface area contributed by atoms with Crippen molar-refractivity contribution >= 4 is 5.91 Å². The minimum absolute atomic E-state index is 0.0139. The Morgan fingerprint density at radius 2 is 2.61 bits per heavy atom. The van der Waals surface area contributed by atoms with Crippen molar-refractivity contribution in [3.05, 3.63) is 30.1 Å². The second-order valence-electron chi connectivity index (χ2n) is 4.48. The number of rotatable bonds is 4. The molecule has 1 aliphatic rings. The normalized spacial score (nSPS) is 21.3. The second-order valence-corrected chi connectivity index (χ2v) is 4.48. The topological polar surface area (TPSA) is 63.2 Å². The Morgan fingerprint density at radius 3 is 3.28 bits per heavy atom. The van der Waals surface area contributed by atoms with Crippen LogP contribution in [0.5, 0.6) is 0 Å². The van der Waals surface area contributed by atoms with E-state index in [1.165, 1.54) is 0 Å². The molecule has 1 fully saturated rings. The summed E-state index contributed by atoms with van der Waals surface area (Å²) in [7, 11) is 0. The lowest BCUT2D eigenvalue weighted by Crippen LogP contribution is -2.41. The van der Waals surface area contributed by atoms with Gasteiger partial charge in [0.15, 0.2) is 0 Å². The molecular weight excluding hydrogens is 230 g/mol. The number of carbonyl (C=O) groups excluding carboxylic acids is 1. The van der Waals surface area contributed by atoms with E-state index in [0.29, 0.717) is 13.0 Å². The van der Waals surface area contributed by atoms with Crippen LogP contribution in [0.1, 0.15) is 24.9 Å². The van der Waals surface area contributed by atoms with E-state index in [0.717, 1.165) is 18.7 Å². The maximum absolute atomic E-state index is 11.9. The summed E-state index contributed by atoms with van der Waals surface area (Å²) in [6, 6.07) is 3.80. The Bertz CT molecular complexity index is 377. The molecular formula is C13H19N3O2. The molecule has 1 aromatic rings. The van der Waals surface area contributed by atoms with Crippen molar-refractivity contribution in [3.63, 3.8) is 0 Å². The molecule has 1 unspecified atom stereocenters. The van der Waals surface area contributed by atoms with Crippen molar-refractivity contribution in [2.45, 2.75) is 25.5 Å². The van der Waals surface area contributed by atoms with Crippen LogP contribution in [0.4, 0.5) is 0 Å². The molecule has 1 aromatic heterocycles. The molecule has 1 aliphatic heterocycles. The molecule has 2 N–H and O–H groups in total. The molecule has 0 saturated carbocycles. The highest BCUT2D eigenvalue weighted by molar-refractivity contribution is 5.76. The zero-order valence-corrected chi connectivity index (χ0v) is 10.6. The maximum Gasteiger partial charge on any atom is 0.223 e. The van der Waals surface area contributed by atoms with E-state index in [4.69, 9.17) is 4.74 Å². The SMILES string of the molecule is C[C@@H](NC(=O)CC1CNCCO1)c1cccnc1. The lowest BCUT2D eigenvalue weighted by molar-refractivity contribution is -0.125. The Labute approximate surface area is 107 Å². The minimum Gasteiger partial charge on any atom is -0.375 e. The number of amides is 1. The highest BCUT2D eigenvalue weighted by Crippen LogP contribution is 2.10. The molecule has 2 heterocycles. The van der Waals surface area contributed by atoms with Gasteiger partial charge in [0.2, 0.25) is 5.91 Å². The summed E-state index contributed by atoms with van der Waals surface area (Å²) in [4.78, 5) is 15.9. The molecule has 0 aromatic carbocycles. The van der Waals surface area contributed by atoms with Crippen LogP contribution < -0.4 is 10.6 Å². The molecule has 2 rings (SSSR count). The Balaban J connectivity index is 1.80. The average Bonchev–Trinajstić information content (AvgIpc) is 2.40. The summed E-state index contributed by atoms with van der Waals surface area (Å²) in [6.45, 7) is 4.24. The Morgan fingerprint density at radius 1 is 1.72 bits per heavy atom. The lowest BCUT2D eigenvalue weighted by atomic mass is 10.1. The summed E-state index contributed by atoms with van der Waals surface area (Å²) in [6.07, 6.45) is 3.88. The molecule has 0 bridgehead atoms. The van der Waals surface area contributed by atoms with Gasteiger partial charge in [0.25, 0.3) is 0 Å². The van der Waals surface area contributed by atoms with Crippen LogP contribution in [-0.2, 0) is 9.53 Å². The van der Waals surface area contributed by atoms with Gasteiger partial charge in [0.05, 0.1) is 25.2 Å². The van der Waals surface area contributed by atoms with Crippen LogP contribution in [0.15, 0.2) is 24.5 Å². The number of hydrogen-bond acceptors (Lipinski definition) is 4. The number of nitrogens with one attached hydrogen (secondary N) is 2. The minimum atomic E-state index is -0.0252. The van der Waals surface area contributed by atoms with Gasteiger partial charge in [0.1, 0.15) is 0 Å². The van der Waals surface area contributed by atoms with Crippen LogP contribution in [0, 0.1) is 0 Å². The predicted octanol–water partition coefficient (Wildman–Crippen LogP) is 0.637. The number of carbonyl (C=O) groups is 1. The molecule has 2 atom stereocenters. The highest BCUT2D eigenvalue weighted by Gasteiger charge is 2.18. The fourth-order valence-corrected chi connectivity index (χ4v) is 1.97. The number of aromatic nitrogens is 1. The first kappa shape index (κ1) is 13.0. The summed E-state index contributed by atoms with van der Waals surface area (Å²) >= 11 is 0. The first-order valence-corrected chi connectivity index (χ1v) is 6.27. The fourth-order valence-electron chi connectivity index (χ4n) is 1.97. The number of hydrogen-bond donors (Lipinski definition) is 2. The predicted molar refractivity (Wildman–Crippen MR) is 68.0 cm³/mol. The van der Waals surface area contributed by atoms with Crippen molar-refractivity contribution in [1.29, 1.82) is 0 Å². The Kier molecular flexibility index (Phi) is 4.66. The van der Waals surface area contributed by atoms with Gasteiger partial charge < -0.3 is 15.4 Å². The van der Waals surface area contributed by atoms with Crippen molar-refractivity contribution in [2.24, 2.45) is 0 Å². The summed E-state index contributed by atoms with van der Waals surface area (Å²) in [5.41, 5.74) is 1.01. The van der Waals surface area contributed by atoms with Gasteiger partial charge in [0, 0.05) is 25.5 Å². The van der Waals surface area contributed by atoms with Crippen molar-refractivity contribution < 1.29 is 9.53 Å². The van der Waals surface area contributed by atoms with Crippen LogP contribution >= 0.6 is 0 Å². The molecule has 1 amide bonds. The third-order valence-corrected chi connectivity index (χ3v) is 2.98. The van der Waals surface area contributed by atoms with Gasteiger partial charge in [-0.05, 0) is 18.6 Å². The number of nitrogens with zero attached hydrogens (tertiary/aromatic N) is 1. The standard InChI is InChI=1S/C13H19N3O2/c1-10(11-3-2-4-14-8-11)16-13(17)7-12-9-15-5-6-18-12/h2-4,8,10,12,15H,5-7,9H2,1H3,(H,16,17)/t10-,12?/m1/s1. The molecule has 98 valence electrons. The first-order chi connectivity index (χ1) is 8.75.